The van der Waals surface area contributed by atoms with Crippen LogP contribution in [0.5, 0.6) is 0 Å². The third-order valence-electron chi connectivity index (χ3n) is 7.26. The highest BCUT2D eigenvalue weighted by Crippen LogP contribution is 2.34. The van der Waals surface area contributed by atoms with E-state index in [0.29, 0.717) is 6.42 Å². The third kappa shape index (κ3) is 7.71. The SMILES string of the molecule is CCC(C)(C)N(C(=O)C(C)NC(=O)OC(C)(C)C)C(C(=O)NC1CCCCC1)c1cccc(C)c1C. The van der Waals surface area contributed by atoms with Gasteiger partial charge in [-0.15, -0.1) is 0 Å². The van der Waals surface area contributed by atoms with Gasteiger partial charge in [0.1, 0.15) is 17.7 Å². The van der Waals surface area contributed by atoms with Crippen LogP contribution in [0, 0.1) is 13.8 Å². The zero-order valence-corrected chi connectivity index (χ0v) is 23.8. The number of hydrogen-bond donors (Lipinski definition) is 2. The number of carbonyl (C=O) groups excluding carboxylic acids is 3. The molecule has 2 N–H and O–H groups in total. The Morgan fingerprint density at radius 1 is 1.06 bits per heavy atom. The molecule has 0 aromatic heterocycles. The summed E-state index contributed by atoms with van der Waals surface area (Å²) in [4.78, 5) is 42.2. The Balaban J connectivity index is 2.51. The molecule has 1 fully saturated rings. The number of rotatable bonds is 8. The summed E-state index contributed by atoms with van der Waals surface area (Å²) in [6.07, 6.45) is 5.26. The van der Waals surface area contributed by atoms with E-state index in [1.807, 2.05) is 52.8 Å². The first-order valence-electron chi connectivity index (χ1n) is 13.4. The fraction of sp³-hybridized carbons (Fsp3) is 0.690. The van der Waals surface area contributed by atoms with Gasteiger partial charge in [0.25, 0.3) is 0 Å². The monoisotopic (exact) mass is 501 g/mol. The number of nitrogens with zero attached hydrogens (tertiary/aromatic N) is 1. The molecule has 0 bridgehead atoms. The van der Waals surface area contributed by atoms with Crippen LogP contribution in [0.25, 0.3) is 0 Å². The largest absolute Gasteiger partial charge is 0.444 e. The van der Waals surface area contributed by atoms with Crippen molar-refractivity contribution in [2.75, 3.05) is 0 Å². The minimum Gasteiger partial charge on any atom is -0.444 e. The van der Waals surface area contributed by atoms with Crippen molar-refractivity contribution in [2.45, 2.75) is 130 Å². The predicted octanol–water partition coefficient (Wildman–Crippen LogP) is 5.72. The van der Waals surface area contributed by atoms with Gasteiger partial charge in [0.05, 0.1) is 0 Å². The molecule has 1 aliphatic rings. The van der Waals surface area contributed by atoms with Crippen molar-refractivity contribution in [2.24, 2.45) is 0 Å². The Labute approximate surface area is 217 Å². The first-order chi connectivity index (χ1) is 16.7. The van der Waals surface area contributed by atoms with E-state index in [2.05, 4.69) is 10.6 Å². The van der Waals surface area contributed by atoms with E-state index < -0.39 is 29.3 Å². The van der Waals surface area contributed by atoms with Crippen molar-refractivity contribution in [3.8, 4) is 0 Å². The van der Waals surface area contributed by atoms with E-state index in [9.17, 15) is 14.4 Å². The van der Waals surface area contributed by atoms with Crippen LogP contribution in [0.4, 0.5) is 4.79 Å². The summed E-state index contributed by atoms with van der Waals surface area (Å²) in [7, 11) is 0. The van der Waals surface area contributed by atoms with E-state index >= 15 is 0 Å². The van der Waals surface area contributed by atoms with Crippen molar-refractivity contribution in [3.63, 3.8) is 0 Å². The number of benzene rings is 1. The third-order valence-corrected chi connectivity index (χ3v) is 7.26. The fourth-order valence-electron chi connectivity index (χ4n) is 4.69. The lowest BCUT2D eigenvalue weighted by Gasteiger charge is -2.45. The summed E-state index contributed by atoms with van der Waals surface area (Å²) in [6.45, 7) is 16.9. The molecule has 0 saturated heterocycles. The molecular formula is C29H47N3O4. The van der Waals surface area contributed by atoms with Crippen LogP contribution in [0.3, 0.4) is 0 Å². The highest BCUT2D eigenvalue weighted by atomic mass is 16.6. The van der Waals surface area contributed by atoms with Crippen LogP contribution < -0.4 is 10.6 Å². The second-order valence-corrected chi connectivity index (χ2v) is 11.8. The molecule has 7 nitrogen and oxygen atoms in total. The molecule has 1 aromatic rings. The average Bonchev–Trinajstić information content (AvgIpc) is 2.78. The van der Waals surface area contributed by atoms with Gasteiger partial charge in [-0.1, -0.05) is 44.4 Å². The van der Waals surface area contributed by atoms with Crippen LogP contribution in [0.2, 0.25) is 0 Å². The molecular weight excluding hydrogens is 454 g/mol. The zero-order valence-electron chi connectivity index (χ0n) is 23.8. The lowest BCUT2D eigenvalue weighted by Crippen LogP contribution is -2.59. The number of ether oxygens (including phenoxy) is 1. The van der Waals surface area contributed by atoms with Gasteiger partial charge in [0.2, 0.25) is 11.8 Å². The highest BCUT2D eigenvalue weighted by molar-refractivity contribution is 5.92. The maximum atomic E-state index is 14.0. The van der Waals surface area contributed by atoms with Gasteiger partial charge in [-0.25, -0.2) is 4.79 Å². The minimum absolute atomic E-state index is 0.109. The van der Waals surface area contributed by atoms with E-state index in [4.69, 9.17) is 4.74 Å². The molecule has 202 valence electrons. The first kappa shape index (κ1) is 29.7. The summed E-state index contributed by atoms with van der Waals surface area (Å²) in [6, 6.07) is 4.29. The second-order valence-electron chi connectivity index (χ2n) is 11.8. The zero-order chi connectivity index (χ0) is 27.3. The Morgan fingerprint density at radius 3 is 2.22 bits per heavy atom. The van der Waals surface area contributed by atoms with Crippen molar-refractivity contribution in [1.29, 1.82) is 0 Å². The smallest absolute Gasteiger partial charge is 0.408 e. The topological polar surface area (TPSA) is 87.7 Å². The molecule has 0 spiro atoms. The van der Waals surface area contributed by atoms with Gasteiger partial charge in [-0.2, -0.15) is 0 Å². The van der Waals surface area contributed by atoms with Gasteiger partial charge in [0, 0.05) is 11.6 Å². The number of carbonyl (C=O) groups is 3. The number of hydrogen-bond acceptors (Lipinski definition) is 4. The van der Waals surface area contributed by atoms with Gasteiger partial charge in [-0.3, -0.25) is 9.59 Å². The molecule has 2 unspecified atom stereocenters. The van der Waals surface area contributed by atoms with Crippen molar-refractivity contribution >= 4 is 17.9 Å². The maximum Gasteiger partial charge on any atom is 0.408 e. The summed E-state index contributed by atoms with van der Waals surface area (Å²) in [5.74, 6) is -0.493. The molecule has 0 aliphatic heterocycles. The standard InChI is InChI=1S/C29H47N3O4/c1-10-29(8,9)32(26(34)21(4)30-27(35)36-28(5,6)7)24(23-18-14-15-19(2)20(23)3)25(33)31-22-16-12-11-13-17-22/h14-15,18,21-22,24H,10-13,16-17H2,1-9H3,(H,30,35)(H,31,33). The quantitative estimate of drug-likeness (QED) is 0.477. The van der Waals surface area contributed by atoms with E-state index in [1.165, 1.54) is 6.42 Å². The minimum atomic E-state index is -0.874. The number of aryl methyl sites for hydroxylation is 1. The fourth-order valence-corrected chi connectivity index (χ4v) is 4.69. The molecule has 36 heavy (non-hydrogen) atoms. The Kier molecular flexibility index (Phi) is 9.98. The Bertz CT molecular complexity index is 929. The van der Waals surface area contributed by atoms with Crippen LogP contribution in [0.15, 0.2) is 18.2 Å². The lowest BCUT2D eigenvalue weighted by molar-refractivity contribution is -0.149. The predicted molar refractivity (Wildman–Crippen MR) is 144 cm³/mol. The maximum absolute atomic E-state index is 14.0. The van der Waals surface area contributed by atoms with Crippen molar-refractivity contribution in [1.82, 2.24) is 15.5 Å². The van der Waals surface area contributed by atoms with E-state index in [0.717, 1.165) is 42.4 Å². The van der Waals surface area contributed by atoms with Crippen LogP contribution in [-0.2, 0) is 14.3 Å². The molecule has 0 heterocycles. The molecule has 2 rings (SSSR count). The summed E-state index contributed by atoms with van der Waals surface area (Å²) >= 11 is 0. The molecule has 3 amide bonds. The van der Waals surface area contributed by atoms with Crippen molar-refractivity contribution < 1.29 is 19.1 Å². The van der Waals surface area contributed by atoms with Gasteiger partial charge in [0.15, 0.2) is 0 Å². The van der Waals surface area contributed by atoms with Crippen molar-refractivity contribution in [3.05, 3.63) is 34.9 Å². The van der Waals surface area contributed by atoms with Gasteiger partial charge >= 0.3 is 6.09 Å². The van der Waals surface area contributed by atoms with Gasteiger partial charge in [-0.05, 0) is 91.3 Å². The second kappa shape index (κ2) is 12.1. The van der Waals surface area contributed by atoms with Crippen LogP contribution >= 0.6 is 0 Å². The van der Waals surface area contributed by atoms with Crippen LogP contribution in [0.1, 0.15) is 110 Å². The molecule has 1 aliphatic carbocycles. The van der Waals surface area contributed by atoms with E-state index in [-0.39, 0.29) is 17.9 Å². The highest BCUT2D eigenvalue weighted by Gasteiger charge is 2.43. The van der Waals surface area contributed by atoms with Gasteiger partial charge < -0.3 is 20.3 Å². The molecule has 1 aromatic carbocycles. The molecule has 0 radical (unpaired) electrons. The Morgan fingerprint density at radius 2 is 1.67 bits per heavy atom. The van der Waals surface area contributed by atoms with E-state index in [1.54, 1.807) is 32.6 Å². The first-order valence-corrected chi connectivity index (χ1v) is 13.4. The number of alkyl carbamates (subject to hydrolysis) is 1. The average molecular weight is 502 g/mol. The summed E-state index contributed by atoms with van der Waals surface area (Å²) < 4.78 is 5.38. The lowest BCUT2D eigenvalue weighted by atomic mass is 9.88. The van der Waals surface area contributed by atoms with Crippen LogP contribution in [-0.4, -0.2) is 46.0 Å². The normalized spacial score (nSPS) is 16.6. The molecule has 2 atom stereocenters. The number of amides is 3. The number of nitrogens with one attached hydrogen (secondary N) is 2. The molecule has 7 heteroatoms. The summed E-state index contributed by atoms with van der Waals surface area (Å²) in [5.41, 5.74) is 1.52. The summed E-state index contributed by atoms with van der Waals surface area (Å²) in [5, 5.41) is 5.94. The Hall–Kier alpha value is -2.57. The molecule has 1 saturated carbocycles.